The predicted molar refractivity (Wildman–Crippen MR) is 92.7 cm³/mol. The summed E-state index contributed by atoms with van der Waals surface area (Å²) in [5.74, 6) is 0.895. The molecule has 6 heteroatoms. The second-order valence-electron chi connectivity index (χ2n) is 5.38. The average molecular weight is 345 g/mol. The smallest absolute Gasteiger partial charge is 0.169 e. The Bertz CT molecular complexity index is 927. The Morgan fingerprint density at radius 3 is 2.04 bits per heavy atom. The lowest BCUT2D eigenvalue weighted by atomic mass is 10.0. The fraction of sp³-hybridized carbons (Fsp3) is 0.167. The van der Waals surface area contributed by atoms with Gasteiger partial charge in [-0.05, 0) is 40.1 Å². The van der Waals surface area contributed by atoms with E-state index in [1.165, 1.54) is 21.9 Å². The molecule has 0 unspecified atom stereocenters. The molecule has 0 saturated heterocycles. The summed E-state index contributed by atoms with van der Waals surface area (Å²) in [7, 11) is -0.198. The molecule has 24 heavy (non-hydrogen) atoms. The molecular weight excluding hydrogens is 326 g/mol. The summed E-state index contributed by atoms with van der Waals surface area (Å²) in [5.41, 5.74) is 2.47. The Morgan fingerprint density at radius 2 is 1.46 bits per heavy atom. The molecule has 1 heterocycles. The van der Waals surface area contributed by atoms with E-state index in [4.69, 9.17) is 17.7 Å². The third-order valence-corrected chi connectivity index (χ3v) is 3.36. The lowest BCUT2D eigenvalue weighted by molar-refractivity contribution is -0.671. The molecule has 3 aromatic rings. The van der Waals surface area contributed by atoms with Gasteiger partial charge in [0.05, 0.1) is 17.2 Å². The molecule has 0 spiro atoms. The van der Waals surface area contributed by atoms with Gasteiger partial charge in [0, 0.05) is 18.4 Å². The summed E-state index contributed by atoms with van der Waals surface area (Å²) >= 11 is 0. The third kappa shape index (κ3) is 5.33. The summed E-state index contributed by atoms with van der Waals surface area (Å²) in [5, 5.41) is 2.43. The van der Waals surface area contributed by atoms with E-state index in [1.807, 2.05) is 17.7 Å². The van der Waals surface area contributed by atoms with Crippen molar-refractivity contribution in [1.82, 2.24) is 0 Å². The first-order chi connectivity index (χ1) is 11.3. The van der Waals surface area contributed by atoms with Crippen LogP contribution in [0.2, 0.25) is 0 Å². The van der Waals surface area contributed by atoms with Crippen LogP contribution in [0, 0.1) is 0 Å². The topological polar surface area (TPSA) is 70.3 Å². The molecule has 0 bridgehead atoms. The van der Waals surface area contributed by atoms with Crippen LogP contribution in [0.5, 0.6) is 5.75 Å². The number of aromatic nitrogens is 1. The van der Waals surface area contributed by atoms with E-state index in [1.54, 1.807) is 7.11 Å². The van der Waals surface area contributed by atoms with Crippen LogP contribution in [0.3, 0.4) is 0 Å². The maximum Gasteiger partial charge on any atom is 0.169 e. The molecule has 0 saturated carbocycles. The van der Waals surface area contributed by atoms with Gasteiger partial charge < -0.3 is 9.29 Å². The molecule has 0 aliphatic rings. The molecule has 0 atom stereocenters. The number of hydrogen-bond donors (Lipinski definition) is 0. The van der Waals surface area contributed by atoms with E-state index < -0.39 is 10.1 Å². The fourth-order valence-electron chi connectivity index (χ4n) is 2.22. The molecule has 3 rings (SSSR count). The zero-order valence-corrected chi connectivity index (χ0v) is 14.6. The minimum atomic E-state index is -3.92. The number of ether oxygens (including phenoxy) is 1. The van der Waals surface area contributed by atoms with Gasteiger partial charge in [0.1, 0.15) is 12.8 Å². The van der Waals surface area contributed by atoms with Crippen molar-refractivity contribution in [2.45, 2.75) is 0 Å². The molecule has 0 aliphatic carbocycles. The van der Waals surface area contributed by atoms with E-state index in [9.17, 15) is 0 Å². The normalized spacial score (nSPS) is 10.8. The lowest BCUT2D eigenvalue weighted by Gasteiger charge is -2.05. The van der Waals surface area contributed by atoms with Crippen molar-refractivity contribution in [3.05, 3.63) is 60.9 Å². The maximum atomic E-state index is 9.08. The molecule has 0 fully saturated rings. The van der Waals surface area contributed by atoms with Gasteiger partial charge in [-0.25, -0.2) is 13.0 Å². The summed E-state index contributed by atoms with van der Waals surface area (Å²) in [6, 6.07) is 16.9. The van der Waals surface area contributed by atoms with Crippen molar-refractivity contribution in [3.8, 4) is 16.9 Å². The van der Waals surface area contributed by atoms with Crippen LogP contribution in [0.1, 0.15) is 0 Å². The van der Waals surface area contributed by atoms with Crippen LogP contribution in [-0.4, -0.2) is 26.3 Å². The first kappa shape index (κ1) is 17.9. The molecule has 0 aliphatic heterocycles. The minimum absolute atomic E-state index is 0.604. The standard InChI is InChI=1S/C17H16NO.CH4O3S/c1-18-9-7-13(8-10-18)14-3-4-16-12-17(19-2)6-5-15(16)11-14;1-5(2,3)4/h3-12H,1-2H3;1H3,(H,2,3,4)/q+1;/p-1. The van der Waals surface area contributed by atoms with Crippen LogP contribution in [-0.2, 0) is 17.2 Å². The van der Waals surface area contributed by atoms with Crippen molar-refractivity contribution < 1.29 is 22.3 Å². The van der Waals surface area contributed by atoms with Crippen molar-refractivity contribution in [2.24, 2.45) is 7.05 Å². The number of pyridine rings is 1. The average Bonchev–Trinajstić information content (AvgIpc) is 2.53. The van der Waals surface area contributed by atoms with Crippen molar-refractivity contribution >= 4 is 20.9 Å². The van der Waals surface area contributed by atoms with Gasteiger partial charge in [-0.3, -0.25) is 0 Å². The van der Waals surface area contributed by atoms with Gasteiger partial charge in [0.2, 0.25) is 0 Å². The third-order valence-electron chi connectivity index (χ3n) is 3.36. The highest BCUT2D eigenvalue weighted by molar-refractivity contribution is 7.84. The Balaban J connectivity index is 0.000000368. The van der Waals surface area contributed by atoms with Crippen molar-refractivity contribution in [2.75, 3.05) is 13.4 Å². The number of methoxy groups -OCH3 is 1. The highest BCUT2D eigenvalue weighted by Crippen LogP contribution is 2.26. The molecule has 2 aromatic carbocycles. The van der Waals surface area contributed by atoms with E-state index in [0.717, 1.165) is 5.75 Å². The molecule has 5 nitrogen and oxygen atoms in total. The number of fused-ring (bicyclic) bond motifs is 1. The number of rotatable bonds is 2. The monoisotopic (exact) mass is 345 g/mol. The Hall–Kier alpha value is -2.44. The summed E-state index contributed by atoms with van der Waals surface area (Å²) in [6.07, 6.45) is 4.73. The van der Waals surface area contributed by atoms with Gasteiger partial charge in [0.25, 0.3) is 0 Å². The SMILES string of the molecule is COc1ccc2cc(-c3cc[n+](C)cc3)ccc2c1.CS(=O)(=O)[O-]. The lowest BCUT2D eigenvalue weighted by Crippen LogP contribution is -2.25. The molecule has 0 N–H and O–H groups in total. The summed E-state index contributed by atoms with van der Waals surface area (Å²) < 4.78 is 34.5. The van der Waals surface area contributed by atoms with Gasteiger partial charge >= 0.3 is 0 Å². The highest BCUT2D eigenvalue weighted by Gasteiger charge is 2.02. The van der Waals surface area contributed by atoms with E-state index in [-0.39, 0.29) is 0 Å². The molecule has 0 radical (unpaired) electrons. The Morgan fingerprint density at radius 1 is 0.917 bits per heavy atom. The quantitative estimate of drug-likeness (QED) is 0.528. The highest BCUT2D eigenvalue weighted by atomic mass is 32.2. The van der Waals surface area contributed by atoms with Gasteiger partial charge in [-0.1, -0.05) is 18.2 Å². The van der Waals surface area contributed by atoms with Crippen molar-refractivity contribution in [1.29, 1.82) is 0 Å². The molecule has 0 amide bonds. The van der Waals surface area contributed by atoms with Gasteiger partial charge in [-0.15, -0.1) is 0 Å². The number of benzene rings is 2. The summed E-state index contributed by atoms with van der Waals surface area (Å²) in [4.78, 5) is 0. The number of nitrogens with zero attached hydrogens (tertiary/aromatic N) is 1. The van der Waals surface area contributed by atoms with E-state index in [2.05, 4.69) is 54.9 Å². The van der Waals surface area contributed by atoms with Gasteiger partial charge in [-0.2, -0.15) is 0 Å². The second kappa shape index (κ2) is 7.42. The first-order valence-electron chi connectivity index (χ1n) is 7.20. The molecule has 126 valence electrons. The molecular formula is C18H19NO4S. The van der Waals surface area contributed by atoms with Crippen LogP contribution in [0.25, 0.3) is 21.9 Å². The zero-order valence-electron chi connectivity index (χ0n) is 13.8. The number of hydrogen-bond acceptors (Lipinski definition) is 4. The second-order valence-corrected chi connectivity index (χ2v) is 6.79. The van der Waals surface area contributed by atoms with Crippen LogP contribution in [0.15, 0.2) is 60.9 Å². The zero-order chi connectivity index (χ0) is 17.7. The fourth-order valence-corrected chi connectivity index (χ4v) is 2.22. The Kier molecular flexibility index (Phi) is 5.54. The van der Waals surface area contributed by atoms with Crippen LogP contribution >= 0.6 is 0 Å². The van der Waals surface area contributed by atoms with Crippen molar-refractivity contribution in [3.63, 3.8) is 0 Å². The maximum absolute atomic E-state index is 9.08. The van der Waals surface area contributed by atoms with E-state index >= 15 is 0 Å². The van der Waals surface area contributed by atoms with Crippen LogP contribution < -0.4 is 9.30 Å². The first-order valence-corrected chi connectivity index (χ1v) is 9.02. The van der Waals surface area contributed by atoms with E-state index in [0.29, 0.717) is 6.26 Å². The predicted octanol–water partition coefficient (Wildman–Crippen LogP) is 2.50. The minimum Gasteiger partial charge on any atom is -0.748 e. The number of aryl methyl sites for hydroxylation is 1. The molecule has 1 aromatic heterocycles. The summed E-state index contributed by atoms with van der Waals surface area (Å²) in [6.45, 7) is 0. The van der Waals surface area contributed by atoms with Gasteiger partial charge in [0.15, 0.2) is 12.4 Å². The van der Waals surface area contributed by atoms with Crippen LogP contribution in [0.4, 0.5) is 0 Å². The largest absolute Gasteiger partial charge is 0.748 e. The Labute approximate surface area is 141 Å².